The van der Waals surface area contributed by atoms with E-state index in [9.17, 15) is 0 Å². The second kappa shape index (κ2) is 15.3. The third-order valence-corrected chi connectivity index (χ3v) is 4.02. The molecule has 1 aromatic rings. The van der Waals surface area contributed by atoms with Gasteiger partial charge in [0.25, 0.3) is 0 Å². The number of guanidine groups is 1. The Bertz CT molecular complexity index is 450. The van der Waals surface area contributed by atoms with E-state index in [4.69, 9.17) is 5.11 Å². The van der Waals surface area contributed by atoms with Crippen molar-refractivity contribution < 1.29 is 5.11 Å². The Labute approximate surface area is 170 Å². The first-order chi connectivity index (χ1) is 11.7. The van der Waals surface area contributed by atoms with Crippen molar-refractivity contribution >= 4 is 35.6 Å². The van der Waals surface area contributed by atoms with Crippen molar-refractivity contribution in [1.29, 1.82) is 0 Å². The van der Waals surface area contributed by atoms with E-state index in [1.807, 2.05) is 6.07 Å². The number of aliphatic hydroxyl groups is 1. The van der Waals surface area contributed by atoms with Crippen molar-refractivity contribution in [3.05, 3.63) is 30.3 Å². The summed E-state index contributed by atoms with van der Waals surface area (Å²) >= 11 is 0. The summed E-state index contributed by atoms with van der Waals surface area (Å²) in [4.78, 5) is 6.91. The molecule has 0 fully saturated rings. The molecule has 0 aliphatic carbocycles. The number of rotatable bonds is 11. The maximum atomic E-state index is 9.16. The Balaban J connectivity index is 0.00000576. The standard InChI is InChI=1S/C19H34N4O.HI/c1-4-9-17(12-15-24)16-22-19(20-5-2)21-13-14-23(3)18-10-7-6-8-11-18;/h6-8,10-11,17,24H,4-5,9,12-16H2,1-3H3,(H2,20,21,22);1H. The highest BCUT2D eigenvalue weighted by molar-refractivity contribution is 14.0. The number of para-hydroxylation sites is 1. The molecule has 0 saturated heterocycles. The van der Waals surface area contributed by atoms with E-state index in [1.54, 1.807) is 0 Å². The van der Waals surface area contributed by atoms with E-state index in [1.165, 1.54) is 5.69 Å². The third-order valence-electron chi connectivity index (χ3n) is 4.02. The molecular formula is C19H35IN4O. The number of anilines is 1. The number of hydrogen-bond acceptors (Lipinski definition) is 3. The van der Waals surface area contributed by atoms with Crippen molar-refractivity contribution in [2.24, 2.45) is 10.9 Å². The zero-order valence-corrected chi connectivity index (χ0v) is 18.2. The van der Waals surface area contributed by atoms with E-state index in [0.29, 0.717) is 5.92 Å². The van der Waals surface area contributed by atoms with Crippen LogP contribution in [0.3, 0.4) is 0 Å². The molecule has 25 heavy (non-hydrogen) atoms. The molecule has 1 rings (SSSR count). The summed E-state index contributed by atoms with van der Waals surface area (Å²) in [5.74, 6) is 1.32. The van der Waals surface area contributed by atoms with Crippen molar-refractivity contribution in [3.63, 3.8) is 0 Å². The van der Waals surface area contributed by atoms with Crippen LogP contribution in [0, 0.1) is 5.92 Å². The highest BCUT2D eigenvalue weighted by Gasteiger charge is 2.07. The van der Waals surface area contributed by atoms with Crippen LogP contribution in [0.2, 0.25) is 0 Å². The molecule has 1 aromatic carbocycles. The lowest BCUT2D eigenvalue weighted by Gasteiger charge is -2.20. The van der Waals surface area contributed by atoms with Crippen LogP contribution < -0.4 is 15.5 Å². The Morgan fingerprint density at radius 2 is 1.88 bits per heavy atom. The number of hydrogen-bond donors (Lipinski definition) is 3. The van der Waals surface area contributed by atoms with Gasteiger partial charge in [0, 0.05) is 45.5 Å². The molecule has 0 spiro atoms. The fourth-order valence-corrected chi connectivity index (χ4v) is 2.63. The average molecular weight is 462 g/mol. The van der Waals surface area contributed by atoms with Gasteiger partial charge in [-0.05, 0) is 37.8 Å². The minimum atomic E-state index is 0. The molecule has 5 nitrogen and oxygen atoms in total. The molecule has 0 radical (unpaired) electrons. The van der Waals surface area contributed by atoms with Crippen molar-refractivity contribution in [2.75, 3.05) is 44.7 Å². The first-order valence-corrected chi connectivity index (χ1v) is 9.10. The van der Waals surface area contributed by atoms with Crippen molar-refractivity contribution in [2.45, 2.75) is 33.1 Å². The van der Waals surface area contributed by atoms with Crippen LogP contribution >= 0.6 is 24.0 Å². The van der Waals surface area contributed by atoms with Crippen LogP contribution in [0.15, 0.2) is 35.3 Å². The molecule has 0 heterocycles. The minimum absolute atomic E-state index is 0. The fraction of sp³-hybridized carbons (Fsp3) is 0.632. The summed E-state index contributed by atoms with van der Waals surface area (Å²) in [6, 6.07) is 10.4. The molecule has 6 heteroatoms. The van der Waals surface area contributed by atoms with Crippen LogP contribution in [0.5, 0.6) is 0 Å². The SMILES string of the molecule is CCCC(CCO)CN=C(NCC)NCCN(C)c1ccccc1.I. The second-order valence-corrected chi connectivity index (χ2v) is 6.07. The highest BCUT2D eigenvalue weighted by atomic mass is 127. The summed E-state index contributed by atoms with van der Waals surface area (Å²) in [6.45, 7) is 7.84. The van der Waals surface area contributed by atoms with Crippen LogP contribution in [0.1, 0.15) is 33.1 Å². The minimum Gasteiger partial charge on any atom is -0.396 e. The molecule has 0 aliphatic rings. The summed E-state index contributed by atoms with van der Waals surface area (Å²) in [6.07, 6.45) is 3.07. The molecule has 0 amide bonds. The summed E-state index contributed by atoms with van der Waals surface area (Å²) in [5, 5.41) is 15.8. The Hall–Kier alpha value is -1.02. The molecule has 0 aliphatic heterocycles. The maximum Gasteiger partial charge on any atom is 0.191 e. The Morgan fingerprint density at radius 3 is 2.48 bits per heavy atom. The number of nitrogens with one attached hydrogen (secondary N) is 2. The number of likely N-dealkylation sites (N-methyl/N-ethyl adjacent to an activating group) is 1. The van der Waals surface area contributed by atoms with Gasteiger partial charge in [-0.25, -0.2) is 0 Å². The quantitative estimate of drug-likeness (QED) is 0.269. The van der Waals surface area contributed by atoms with Crippen molar-refractivity contribution in [1.82, 2.24) is 10.6 Å². The van der Waals surface area contributed by atoms with Gasteiger partial charge < -0.3 is 20.6 Å². The molecule has 0 bridgehead atoms. The van der Waals surface area contributed by atoms with Gasteiger partial charge in [-0.1, -0.05) is 31.5 Å². The van der Waals surface area contributed by atoms with Gasteiger partial charge in [-0.15, -0.1) is 24.0 Å². The second-order valence-electron chi connectivity index (χ2n) is 6.07. The lowest BCUT2D eigenvalue weighted by Crippen LogP contribution is -2.41. The average Bonchev–Trinajstić information content (AvgIpc) is 2.60. The van der Waals surface area contributed by atoms with E-state index in [-0.39, 0.29) is 30.6 Å². The Morgan fingerprint density at radius 1 is 1.16 bits per heavy atom. The maximum absolute atomic E-state index is 9.16. The molecule has 3 N–H and O–H groups in total. The van der Waals surface area contributed by atoms with Gasteiger partial charge in [0.15, 0.2) is 5.96 Å². The van der Waals surface area contributed by atoms with Crippen molar-refractivity contribution in [3.8, 4) is 0 Å². The van der Waals surface area contributed by atoms with Gasteiger partial charge in [0.2, 0.25) is 0 Å². The first kappa shape index (κ1) is 24.0. The number of aliphatic hydroxyl groups excluding tert-OH is 1. The van der Waals surface area contributed by atoms with Crippen LogP contribution in [-0.4, -0.2) is 50.9 Å². The summed E-state index contributed by atoms with van der Waals surface area (Å²) in [5.41, 5.74) is 1.21. The largest absolute Gasteiger partial charge is 0.396 e. The van der Waals surface area contributed by atoms with Crippen LogP contribution in [0.25, 0.3) is 0 Å². The van der Waals surface area contributed by atoms with E-state index in [2.05, 4.69) is 65.7 Å². The first-order valence-electron chi connectivity index (χ1n) is 9.10. The monoisotopic (exact) mass is 462 g/mol. The predicted octanol–water partition coefficient (Wildman–Crippen LogP) is 3.09. The van der Waals surface area contributed by atoms with Crippen LogP contribution in [0.4, 0.5) is 5.69 Å². The molecule has 1 atom stereocenters. The normalized spacial score (nSPS) is 12.2. The zero-order valence-electron chi connectivity index (χ0n) is 15.9. The molecular weight excluding hydrogens is 427 g/mol. The van der Waals surface area contributed by atoms with Gasteiger partial charge in [-0.2, -0.15) is 0 Å². The van der Waals surface area contributed by atoms with E-state index < -0.39 is 0 Å². The lowest BCUT2D eigenvalue weighted by molar-refractivity contribution is 0.253. The van der Waals surface area contributed by atoms with Gasteiger partial charge in [0.05, 0.1) is 0 Å². The van der Waals surface area contributed by atoms with Gasteiger partial charge in [0.1, 0.15) is 0 Å². The van der Waals surface area contributed by atoms with E-state index in [0.717, 1.165) is 51.4 Å². The molecule has 144 valence electrons. The number of halogens is 1. The summed E-state index contributed by atoms with van der Waals surface area (Å²) < 4.78 is 0. The number of benzene rings is 1. The highest BCUT2D eigenvalue weighted by Crippen LogP contribution is 2.11. The van der Waals surface area contributed by atoms with Crippen LogP contribution in [-0.2, 0) is 0 Å². The molecule has 0 saturated carbocycles. The third kappa shape index (κ3) is 10.5. The Kier molecular flexibility index (Phi) is 14.6. The number of nitrogens with zero attached hydrogens (tertiary/aromatic N) is 2. The topological polar surface area (TPSA) is 59.9 Å². The smallest absolute Gasteiger partial charge is 0.191 e. The van der Waals surface area contributed by atoms with Gasteiger partial charge >= 0.3 is 0 Å². The molecule has 0 aromatic heterocycles. The molecule has 1 unspecified atom stereocenters. The number of aliphatic imine (C=N–C) groups is 1. The zero-order chi connectivity index (χ0) is 17.6. The fourth-order valence-electron chi connectivity index (χ4n) is 2.63. The predicted molar refractivity (Wildman–Crippen MR) is 119 cm³/mol. The van der Waals surface area contributed by atoms with E-state index >= 15 is 0 Å². The summed E-state index contributed by atoms with van der Waals surface area (Å²) in [7, 11) is 2.10. The van der Waals surface area contributed by atoms with Gasteiger partial charge in [-0.3, -0.25) is 4.99 Å². The lowest BCUT2D eigenvalue weighted by atomic mass is 10.0.